The molecule has 0 aliphatic carbocycles. The number of rotatable bonds is 4. The van der Waals surface area contributed by atoms with Crippen molar-refractivity contribution >= 4 is 0 Å². The van der Waals surface area contributed by atoms with Crippen molar-refractivity contribution in [3.63, 3.8) is 0 Å². The summed E-state index contributed by atoms with van der Waals surface area (Å²) in [6.45, 7) is 4.43. The molecule has 2 aromatic rings. The Kier molecular flexibility index (Phi) is 3.05. The Morgan fingerprint density at radius 2 is 2.31 bits per heavy atom. The lowest BCUT2D eigenvalue weighted by molar-refractivity contribution is 0.351. The maximum atomic E-state index is 5.63. The zero-order valence-corrected chi connectivity index (χ0v) is 9.43. The van der Waals surface area contributed by atoms with Gasteiger partial charge in [0.25, 0.3) is 0 Å². The lowest BCUT2D eigenvalue weighted by Crippen LogP contribution is -2.11. The van der Waals surface area contributed by atoms with Gasteiger partial charge >= 0.3 is 0 Å². The second-order valence-corrected chi connectivity index (χ2v) is 3.69. The summed E-state index contributed by atoms with van der Waals surface area (Å²) in [6, 6.07) is 1.83. The van der Waals surface area contributed by atoms with E-state index < -0.39 is 0 Å². The molecule has 86 valence electrons. The van der Waals surface area contributed by atoms with Crippen LogP contribution in [0, 0.1) is 6.92 Å². The van der Waals surface area contributed by atoms with Gasteiger partial charge in [0.15, 0.2) is 0 Å². The first-order chi connectivity index (χ1) is 7.76. The zero-order chi connectivity index (χ0) is 11.5. The highest BCUT2D eigenvalue weighted by Gasteiger charge is 2.18. The van der Waals surface area contributed by atoms with Crippen LogP contribution in [0.3, 0.4) is 0 Å². The molecule has 16 heavy (non-hydrogen) atoms. The molecule has 0 saturated heterocycles. The van der Waals surface area contributed by atoms with E-state index in [0.717, 1.165) is 17.7 Å². The van der Waals surface area contributed by atoms with Crippen LogP contribution < -0.4 is 5.73 Å². The summed E-state index contributed by atoms with van der Waals surface area (Å²) in [5, 5.41) is 3.93. The summed E-state index contributed by atoms with van der Waals surface area (Å²) in [5.41, 5.74) is 6.49. The molecule has 2 heterocycles. The van der Waals surface area contributed by atoms with E-state index in [9.17, 15) is 0 Å². The fourth-order valence-electron chi connectivity index (χ4n) is 1.57. The summed E-state index contributed by atoms with van der Waals surface area (Å²) in [6.07, 6.45) is 2.50. The topological polar surface area (TPSA) is 78.1 Å². The van der Waals surface area contributed by atoms with Crippen LogP contribution in [0.4, 0.5) is 0 Å². The van der Waals surface area contributed by atoms with E-state index in [-0.39, 0.29) is 5.92 Å². The summed E-state index contributed by atoms with van der Waals surface area (Å²) in [5.74, 6) is 2.08. The molecule has 1 unspecified atom stereocenters. The molecule has 0 bridgehead atoms. The molecule has 0 amide bonds. The summed E-state index contributed by atoms with van der Waals surface area (Å²) in [7, 11) is 0. The first-order valence-corrected chi connectivity index (χ1v) is 5.34. The van der Waals surface area contributed by atoms with Crippen molar-refractivity contribution in [3.05, 3.63) is 24.0 Å². The number of furan rings is 1. The average Bonchev–Trinajstić information content (AvgIpc) is 2.89. The molecule has 2 N–H and O–H groups in total. The predicted octanol–water partition coefficient (Wildman–Crippen LogP) is 2.09. The van der Waals surface area contributed by atoms with E-state index in [1.165, 1.54) is 0 Å². The van der Waals surface area contributed by atoms with E-state index in [1.807, 2.05) is 19.9 Å². The van der Waals surface area contributed by atoms with Crippen molar-refractivity contribution in [2.24, 2.45) is 5.73 Å². The highest BCUT2D eigenvalue weighted by Crippen LogP contribution is 2.24. The molecule has 2 rings (SSSR count). The minimum Gasteiger partial charge on any atom is -0.469 e. The Labute approximate surface area is 93.6 Å². The van der Waals surface area contributed by atoms with Crippen molar-refractivity contribution in [2.45, 2.75) is 26.2 Å². The lowest BCUT2D eigenvalue weighted by Gasteiger charge is -2.04. The van der Waals surface area contributed by atoms with Crippen molar-refractivity contribution < 1.29 is 8.94 Å². The number of nitrogens with zero attached hydrogens (tertiary/aromatic N) is 2. The number of nitrogens with two attached hydrogens (primary N) is 1. The number of hydrogen-bond acceptors (Lipinski definition) is 5. The van der Waals surface area contributed by atoms with Crippen LogP contribution in [0.25, 0.3) is 11.4 Å². The molecular weight excluding hydrogens is 206 g/mol. The quantitative estimate of drug-likeness (QED) is 0.855. The van der Waals surface area contributed by atoms with Crippen LogP contribution in [0.2, 0.25) is 0 Å². The van der Waals surface area contributed by atoms with Gasteiger partial charge in [0.2, 0.25) is 11.7 Å². The van der Waals surface area contributed by atoms with E-state index in [4.69, 9.17) is 14.7 Å². The molecule has 0 radical (unpaired) electrons. The molecule has 5 heteroatoms. The van der Waals surface area contributed by atoms with Crippen molar-refractivity contribution in [2.75, 3.05) is 6.54 Å². The van der Waals surface area contributed by atoms with Gasteiger partial charge in [-0.1, -0.05) is 12.1 Å². The van der Waals surface area contributed by atoms with Gasteiger partial charge in [0.1, 0.15) is 5.76 Å². The van der Waals surface area contributed by atoms with Crippen LogP contribution in [0.15, 0.2) is 21.3 Å². The maximum absolute atomic E-state index is 5.63. The Balaban J connectivity index is 2.29. The van der Waals surface area contributed by atoms with Crippen LogP contribution in [0.5, 0.6) is 0 Å². The molecule has 1 atom stereocenters. The van der Waals surface area contributed by atoms with E-state index in [0.29, 0.717) is 18.3 Å². The molecule has 0 aliphatic rings. The molecule has 0 spiro atoms. The molecule has 0 aliphatic heterocycles. The monoisotopic (exact) mass is 221 g/mol. The van der Waals surface area contributed by atoms with Crippen LogP contribution in [-0.2, 0) is 0 Å². The summed E-state index contributed by atoms with van der Waals surface area (Å²) < 4.78 is 10.4. The molecule has 0 saturated carbocycles. The van der Waals surface area contributed by atoms with Gasteiger partial charge in [-0.15, -0.1) is 0 Å². The van der Waals surface area contributed by atoms with E-state index >= 15 is 0 Å². The smallest absolute Gasteiger partial charge is 0.231 e. The molecule has 0 aromatic carbocycles. The standard InChI is InChI=1S/C11H15N3O2/c1-3-8(6-12)11-13-10(14-16-11)9-4-5-15-7(9)2/h4-5,8H,3,6,12H2,1-2H3. The number of hydrogen-bond donors (Lipinski definition) is 1. The molecule has 5 nitrogen and oxygen atoms in total. The van der Waals surface area contributed by atoms with Crippen LogP contribution in [-0.4, -0.2) is 16.7 Å². The lowest BCUT2D eigenvalue weighted by atomic mass is 10.1. The number of aryl methyl sites for hydroxylation is 1. The van der Waals surface area contributed by atoms with Crippen LogP contribution >= 0.6 is 0 Å². The Morgan fingerprint density at radius 1 is 1.50 bits per heavy atom. The summed E-state index contributed by atoms with van der Waals surface area (Å²) >= 11 is 0. The summed E-state index contributed by atoms with van der Waals surface area (Å²) in [4.78, 5) is 4.34. The first-order valence-electron chi connectivity index (χ1n) is 5.34. The fourth-order valence-corrected chi connectivity index (χ4v) is 1.57. The van der Waals surface area contributed by atoms with Gasteiger partial charge < -0.3 is 14.7 Å². The SMILES string of the molecule is CCC(CN)c1nc(-c2ccoc2C)no1. The second kappa shape index (κ2) is 4.49. The first kappa shape index (κ1) is 10.9. The van der Waals surface area contributed by atoms with Crippen molar-refractivity contribution in [1.29, 1.82) is 0 Å². The van der Waals surface area contributed by atoms with Gasteiger partial charge in [-0.05, 0) is 19.4 Å². The fraction of sp³-hybridized carbons (Fsp3) is 0.455. The van der Waals surface area contributed by atoms with Gasteiger partial charge in [-0.25, -0.2) is 0 Å². The predicted molar refractivity (Wildman–Crippen MR) is 58.8 cm³/mol. The highest BCUT2D eigenvalue weighted by molar-refractivity contribution is 5.56. The van der Waals surface area contributed by atoms with Crippen LogP contribution in [0.1, 0.15) is 30.9 Å². The van der Waals surface area contributed by atoms with Gasteiger partial charge in [0.05, 0.1) is 17.7 Å². The largest absolute Gasteiger partial charge is 0.469 e. The highest BCUT2D eigenvalue weighted by atomic mass is 16.5. The number of aromatic nitrogens is 2. The normalized spacial score (nSPS) is 12.9. The average molecular weight is 221 g/mol. The minimum absolute atomic E-state index is 0.133. The van der Waals surface area contributed by atoms with Gasteiger partial charge in [0, 0.05) is 6.54 Å². The maximum Gasteiger partial charge on any atom is 0.231 e. The zero-order valence-electron chi connectivity index (χ0n) is 9.43. The van der Waals surface area contributed by atoms with E-state index in [1.54, 1.807) is 6.26 Å². The van der Waals surface area contributed by atoms with Gasteiger partial charge in [-0.3, -0.25) is 0 Å². The molecule has 2 aromatic heterocycles. The van der Waals surface area contributed by atoms with Gasteiger partial charge in [-0.2, -0.15) is 4.98 Å². The Morgan fingerprint density at radius 3 is 2.88 bits per heavy atom. The third-order valence-corrected chi connectivity index (χ3v) is 2.67. The van der Waals surface area contributed by atoms with Crippen molar-refractivity contribution in [1.82, 2.24) is 10.1 Å². The Bertz CT molecular complexity index is 457. The Hall–Kier alpha value is -1.62. The van der Waals surface area contributed by atoms with E-state index in [2.05, 4.69) is 10.1 Å². The second-order valence-electron chi connectivity index (χ2n) is 3.69. The third kappa shape index (κ3) is 1.86. The third-order valence-electron chi connectivity index (χ3n) is 2.67. The van der Waals surface area contributed by atoms with Crippen molar-refractivity contribution in [3.8, 4) is 11.4 Å². The molecule has 0 fully saturated rings. The molecular formula is C11H15N3O2. The minimum atomic E-state index is 0.133.